The highest BCUT2D eigenvalue weighted by Gasteiger charge is 2.30. The molecule has 0 saturated carbocycles. The van der Waals surface area contributed by atoms with Crippen LogP contribution in [0.1, 0.15) is 35.2 Å². The van der Waals surface area contributed by atoms with E-state index < -0.39 is 0 Å². The highest BCUT2D eigenvalue weighted by Crippen LogP contribution is 2.30. The number of carbonyl (C=O) groups is 2. The Labute approximate surface area is 121 Å². The zero-order valence-corrected chi connectivity index (χ0v) is 12.3. The van der Waals surface area contributed by atoms with E-state index in [2.05, 4.69) is 15.9 Å². The van der Waals surface area contributed by atoms with Crippen LogP contribution in [0.15, 0.2) is 18.2 Å². The van der Waals surface area contributed by atoms with Crippen LogP contribution in [-0.4, -0.2) is 23.6 Å². The Morgan fingerprint density at radius 1 is 1.26 bits per heavy atom. The molecule has 1 aromatic rings. The summed E-state index contributed by atoms with van der Waals surface area (Å²) in [6, 6.07) is 5.90. The van der Waals surface area contributed by atoms with Crippen molar-refractivity contribution in [3.8, 4) is 0 Å². The van der Waals surface area contributed by atoms with Gasteiger partial charge in [-0.3, -0.25) is 9.59 Å². The topological polar surface area (TPSA) is 37.4 Å². The van der Waals surface area contributed by atoms with Crippen LogP contribution in [0.5, 0.6) is 0 Å². The minimum Gasteiger partial charge on any atom is -0.312 e. The van der Waals surface area contributed by atoms with Gasteiger partial charge in [-0.1, -0.05) is 22.0 Å². The molecule has 1 atom stereocenters. The van der Waals surface area contributed by atoms with Crippen molar-refractivity contribution in [1.82, 2.24) is 0 Å². The number of benzene rings is 1. The summed E-state index contributed by atoms with van der Waals surface area (Å²) in [7, 11) is 0. The Morgan fingerprint density at radius 2 is 2.11 bits per heavy atom. The summed E-state index contributed by atoms with van der Waals surface area (Å²) in [5, 5.41) is 0.846. The average Bonchev–Trinajstić information content (AvgIpc) is 2.80. The number of hydrogen-bond acceptors (Lipinski definition) is 2. The monoisotopic (exact) mass is 321 g/mol. The van der Waals surface area contributed by atoms with E-state index in [-0.39, 0.29) is 11.7 Å². The van der Waals surface area contributed by atoms with E-state index in [1.54, 1.807) is 0 Å². The number of halogens is 1. The normalized spacial score (nSPS) is 22.8. The molecule has 100 valence electrons. The SMILES string of the molecule is O=C1CCCc2ccc(N3CC(CBr)CC3=O)cc21. The molecule has 0 spiro atoms. The fourth-order valence-corrected chi connectivity index (χ4v) is 3.35. The minimum absolute atomic E-state index is 0.160. The van der Waals surface area contributed by atoms with Crippen LogP contribution in [0, 0.1) is 5.92 Å². The Kier molecular flexibility index (Phi) is 3.44. The molecule has 3 rings (SSSR count). The fourth-order valence-electron chi connectivity index (χ4n) is 2.92. The molecule has 19 heavy (non-hydrogen) atoms. The van der Waals surface area contributed by atoms with Crippen molar-refractivity contribution in [3.05, 3.63) is 29.3 Å². The summed E-state index contributed by atoms with van der Waals surface area (Å²) < 4.78 is 0. The molecule has 2 aliphatic rings. The van der Waals surface area contributed by atoms with Gasteiger partial charge in [0.05, 0.1) is 0 Å². The molecular formula is C15H16BrNO2. The third-order valence-electron chi connectivity index (χ3n) is 3.98. The van der Waals surface area contributed by atoms with E-state index in [4.69, 9.17) is 0 Å². The third-order valence-corrected chi connectivity index (χ3v) is 4.89. The van der Waals surface area contributed by atoms with E-state index >= 15 is 0 Å². The van der Waals surface area contributed by atoms with Gasteiger partial charge in [0.2, 0.25) is 5.91 Å². The molecule has 1 amide bonds. The van der Waals surface area contributed by atoms with Gasteiger partial charge in [-0.2, -0.15) is 0 Å². The maximum absolute atomic E-state index is 12.0. The van der Waals surface area contributed by atoms with Gasteiger partial charge in [-0.15, -0.1) is 0 Å². The molecule has 4 heteroatoms. The first kappa shape index (κ1) is 12.9. The predicted octanol–water partition coefficient (Wildman–Crippen LogP) is 2.95. The number of rotatable bonds is 2. The van der Waals surface area contributed by atoms with Crippen LogP contribution in [-0.2, 0) is 11.2 Å². The van der Waals surface area contributed by atoms with Gasteiger partial charge in [0.1, 0.15) is 0 Å². The number of nitrogens with zero attached hydrogens (tertiary/aromatic N) is 1. The molecule has 1 aliphatic heterocycles. The largest absolute Gasteiger partial charge is 0.312 e. The second-order valence-electron chi connectivity index (χ2n) is 5.35. The lowest BCUT2D eigenvalue weighted by Crippen LogP contribution is -2.25. The van der Waals surface area contributed by atoms with Gasteiger partial charge in [-0.05, 0) is 36.5 Å². The molecule has 0 N–H and O–H groups in total. The summed E-state index contributed by atoms with van der Waals surface area (Å²) >= 11 is 3.44. The van der Waals surface area contributed by atoms with Gasteiger partial charge in [0.15, 0.2) is 5.78 Å². The number of hydrogen-bond donors (Lipinski definition) is 0. The second-order valence-corrected chi connectivity index (χ2v) is 5.99. The number of carbonyl (C=O) groups excluding carboxylic acids is 2. The third kappa shape index (κ3) is 2.34. The summed E-state index contributed by atoms with van der Waals surface area (Å²) in [4.78, 5) is 25.8. The van der Waals surface area contributed by atoms with Crippen LogP contribution in [0.2, 0.25) is 0 Å². The maximum Gasteiger partial charge on any atom is 0.227 e. The Balaban J connectivity index is 1.92. The summed E-state index contributed by atoms with van der Waals surface area (Å²) in [6.45, 7) is 0.747. The van der Waals surface area contributed by atoms with Crippen molar-refractivity contribution in [2.75, 3.05) is 16.8 Å². The van der Waals surface area contributed by atoms with E-state index in [1.807, 2.05) is 23.1 Å². The van der Waals surface area contributed by atoms with Crippen LogP contribution in [0.25, 0.3) is 0 Å². The van der Waals surface area contributed by atoms with Crippen LogP contribution in [0.3, 0.4) is 0 Å². The number of alkyl halides is 1. The van der Waals surface area contributed by atoms with E-state index in [9.17, 15) is 9.59 Å². The van der Waals surface area contributed by atoms with Crippen molar-refractivity contribution >= 4 is 33.3 Å². The first-order valence-corrected chi connectivity index (χ1v) is 7.83. The number of ketones is 1. The predicted molar refractivity (Wildman–Crippen MR) is 78.0 cm³/mol. The molecule has 1 fully saturated rings. The highest BCUT2D eigenvalue weighted by atomic mass is 79.9. The minimum atomic E-state index is 0.160. The first-order chi connectivity index (χ1) is 9.19. The molecule has 1 aliphatic carbocycles. The lowest BCUT2D eigenvalue weighted by Gasteiger charge is -2.20. The summed E-state index contributed by atoms with van der Waals surface area (Å²) in [5.41, 5.74) is 2.82. The van der Waals surface area contributed by atoms with Gasteiger partial charge >= 0.3 is 0 Å². The smallest absolute Gasteiger partial charge is 0.227 e. The number of aryl methyl sites for hydroxylation is 1. The number of anilines is 1. The molecular weight excluding hydrogens is 306 g/mol. The molecule has 0 aromatic heterocycles. The van der Waals surface area contributed by atoms with Gasteiger partial charge in [0, 0.05) is 36.0 Å². The van der Waals surface area contributed by atoms with Crippen LogP contribution < -0.4 is 4.90 Å². The van der Waals surface area contributed by atoms with Crippen LogP contribution in [0.4, 0.5) is 5.69 Å². The lowest BCUT2D eigenvalue weighted by atomic mass is 9.90. The molecule has 1 heterocycles. The Bertz CT molecular complexity index is 541. The Morgan fingerprint density at radius 3 is 2.84 bits per heavy atom. The Hall–Kier alpha value is -1.16. The van der Waals surface area contributed by atoms with E-state index in [1.165, 1.54) is 0 Å². The highest BCUT2D eigenvalue weighted by molar-refractivity contribution is 9.09. The van der Waals surface area contributed by atoms with Gasteiger partial charge in [-0.25, -0.2) is 0 Å². The molecule has 1 aromatic carbocycles. The van der Waals surface area contributed by atoms with E-state index in [0.717, 1.165) is 41.5 Å². The lowest BCUT2D eigenvalue weighted by molar-refractivity contribution is -0.117. The number of fused-ring (bicyclic) bond motifs is 1. The number of Topliss-reactive ketones (excluding diaryl/α,β-unsaturated/α-hetero) is 1. The zero-order chi connectivity index (χ0) is 13.4. The van der Waals surface area contributed by atoms with Crippen molar-refractivity contribution in [2.45, 2.75) is 25.7 Å². The van der Waals surface area contributed by atoms with Crippen molar-refractivity contribution < 1.29 is 9.59 Å². The van der Waals surface area contributed by atoms with Gasteiger partial charge in [0.25, 0.3) is 0 Å². The second kappa shape index (κ2) is 5.08. The van der Waals surface area contributed by atoms with Gasteiger partial charge < -0.3 is 4.90 Å². The molecule has 1 saturated heterocycles. The fraction of sp³-hybridized carbons (Fsp3) is 0.467. The first-order valence-electron chi connectivity index (χ1n) is 6.71. The maximum atomic E-state index is 12.0. The van der Waals surface area contributed by atoms with Crippen LogP contribution >= 0.6 is 15.9 Å². The molecule has 1 unspecified atom stereocenters. The quantitative estimate of drug-likeness (QED) is 0.785. The molecule has 3 nitrogen and oxygen atoms in total. The number of amides is 1. The standard InChI is InChI=1S/C15H16BrNO2/c16-8-10-6-15(19)17(9-10)12-5-4-11-2-1-3-14(18)13(11)7-12/h4-5,7,10H,1-3,6,8-9H2. The van der Waals surface area contributed by atoms with Crippen molar-refractivity contribution in [2.24, 2.45) is 5.92 Å². The summed E-state index contributed by atoms with van der Waals surface area (Å²) in [5.74, 6) is 0.749. The van der Waals surface area contributed by atoms with Crippen molar-refractivity contribution in [3.63, 3.8) is 0 Å². The van der Waals surface area contributed by atoms with E-state index in [0.29, 0.717) is 18.8 Å². The summed E-state index contributed by atoms with van der Waals surface area (Å²) in [6.07, 6.45) is 3.14. The average molecular weight is 322 g/mol. The van der Waals surface area contributed by atoms with Crippen molar-refractivity contribution in [1.29, 1.82) is 0 Å². The molecule has 0 bridgehead atoms. The molecule has 0 radical (unpaired) electrons. The zero-order valence-electron chi connectivity index (χ0n) is 10.7.